The molecule has 0 bridgehead atoms. The Kier molecular flexibility index (Phi) is 6.72. The zero-order valence-corrected chi connectivity index (χ0v) is 19.9. The molecule has 168 valence electrons. The summed E-state index contributed by atoms with van der Waals surface area (Å²) in [6.07, 6.45) is 4.84. The highest BCUT2D eigenvalue weighted by atomic mass is 35.5. The molecule has 0 atom stereocenters. The Morgan fingerprint density at radius 3 is 2.70 bits per heavy atom. The topological polar surface area (TPSA) is 64.4 Å². The standard InChI is InChI=1S/C26H22Cl2N2O3/c1-4-32-25-16(3)26-20(21(14-33-26)18-9-8-17(27)12-22(18)28)13-19(25)15(2)11-24(31)30-23-7-5-6-10-29-23/h5-14H,4H2,1-3H3,(H,29,30,31)/b15-11+. The smallest absolute Gasteiger partial charge is 0.249 e. The number of aryl methyl sites for hydroxylation is 1. The van der Waals surface area contributed by atoms with E-state index in [1.807, 2.05) is 39.0 Å². The lowest BCUT2D eigenvalue weighted by Gasteiger charge is -2.15. The second kappa shape index (κ2) is 9.69. The largest absolute Gasteiger partial charge is 0.493 e. The Morgan fingerprint density at radius 2 is 2.00 bits per heavy atom. The van der Waals surface area contributed by atoms with Gasteiger partial charge in [-0.2, -0.15) is 0 Å². The van der Waals surface area contributed by atoms with Gasteiger partial charge < -0.3 is 14.5 Å². The molecule has 33 heavy (non-hydrogen) atoms. The molecule has 0 saturated heterocycles. The van der Waals surface area contributed by atoms with Crippen molar-refractivity contribution in [1.82, 2.24) is 4.98 Å². The number of rotatable bonds is 6. The first kappa shape index (κ1) is 22.9. The number of hydrogen-bond acceptors (Lipinski definition) is 4. The Bertz CT molecular complexity index is 1360. The predicted octanol–water partition coefficient (Wildman–Crippen LogP) is 7.55. The predicted molar refractivity (Wildman–Crippen MR) is 134 cm³/mol. The van der Waals surface area contributed by atoms with Gasteiger partial charge in [0.1, 0.15) is 17.2 Å². The number of aromatic nitrogens is 1. The molecule has 2 heterocycles. The van der Waals surface area contributed by atoms with Gasteiger partial charge in [0, 0.05) is 44.9 Å². The highest BCUT2D eigenvalue weighted by Gasteiger charge is 2.20. The molecule has 2 aromatic heterocycles. The van der Waals surface area contributed by atoms with E-state index in [1.165, 1.54) is 6.08 Å². The molecular weight excluding hydrogens is 459 g/mol. The first-order chi connectivity index (χ1) is 15.9. The minimum Gasteiger partial charge on any atom is -0.493 e. The Labute approximate surface area is 202 Å². The maximum Gasteiger partial charge on any atom is 0.249 e. The molecule has 2 aromatic carbocycles. The summed E-state index contributed by atoms with van der Waals surface area (Å²) in [5.74, 6) is 0.879. The number of nitrogens with one attached hydrogen (secondary N) is 1. The fourth-order valence-electron chi connectivity index (χ4n) is 3.73. The van der Waals surface area contributed by atoms with Crippen LogP contribution >= 0.6 is 23.2 Å². The van der Waals surface area contributed by atoms with E-state index in [-0.39, 0.29) is 5.91 Å². The fraction of sp³-hybridized carbons (Fsp3) is 0.154. The van der Waals surface area contributed by atoms with Gasteiger partial charge in [-0.15, -0.1) is 0 Å². The van der Waals surface area contributed by atoms with Gasteiger partial charge in [0.25, 0.3) is 0 Å². The lowest BCUT2D eigenvalue weighted by atomic mass is 9.96. The van der Waals surface area contributed by atoms with Crippen molar-refractivity contribution in [2.45, 2.75) is 20.8 Å². The van der Waals surface area contributed by atoms with Gasteiger partial charge in [-0.25, -0.2) is 4.98 Å². The molecule has 7 heteroatoms. The number of halogens is 2. The molecular formula is C26H22Cl2N2O3. The number of furan rings is 1. The van der Waals surface area contributed by atoms with E-state index in [1.54, 1.807) is 36.7 Å². The first-order valence-electron chi connectivity index (χ1n) is 10.4. The summed E-state index contributed by atoms with van der Waals surface area (Å²) in [5.41, 5.74) is 4.73. The van der Waals surface area contributed by atoms with E-state index in [4.69, 9.17) is 32.4 Å². The molecule has 4 rings (SSSR count). The number of fused-ring (bicyclic) bond motifs is 1. The average Bonchev–Trinajstić information content (AvgIpc) is 3.20. The summed E-state index contributed by atoms with van der Waals surface area (Å²) in [5, 5.41) is 4.73. The number of hydrogen-bond donors (Lipinski definition) is 1. The first-order valence-corrected chi connectivity index (χ1v) is 11.2. The summed E-state index contributed by atoms with van der Waals surface area (Å²) in [6.45, 7) is 6.20. The summed E-state index contributed by atoms with van der Waals surface area (Å²) in [4.78, 5) is 16.7. The number of carbonyl (C=O) groups excluding carboxylic acids is 1. The molecule has 0 radical (unpaired) electrons. The van der Waals surface area contributed by atoms with E-state index < -0.39 is 0 Å². The van der Waals surface area contributed by atoms with E-state index in [0.717, 1.165) is 33.2 Å². The van der Waals surface area contributed by atoms with Crippen molar-refractivity contribution in [2.24, 2.45) is 0 Å². The summed E-state index contributed by atoms with van der Waals surface area (Å²) >= 11 is 12.5. The fourth-order valence-corrected chi connectivity index (χ4v) is 4.24. The number of amides is 1. The summed E-state index contributed by atoms with van der Waals surface area (Å²) < 4.78 is 11.9. The summed E-state index contributed by atoms with van der Waals surface area (Å²) in [6, 6.07) is 12.7. The molecule has 0 saturated carbocycles. The lowest BCUT2D eigenvalue weighted by molar-refractivity contribution is -0.111. The lowest BCUT2D eigenvalue weighted by Crippen LogP contribution is -2.10. The number of carbonyl (C=O) groups is 1. The number of pyridine rings is 1. The molecule has 5 nitrogen and oxygen atoms in total. The van der Waals surface area contributed by atoms with E-state index in [9.17, 15) is 4.79 Å². The maximum absolute atomic E-state index is 12.6. The van der Waals surface area contributed by atoms with Crippen molar-refractivity contribution in [3.63, 3.8) is 0 Å². The highest BCUT2D eigenvalue weighted by Crippen LogP contribution is 2.42. The third-order valence-corrected chi connectivity index (χ3v) is 5.79. The van der Waals surface area contributed by atoms with Crippen LogP contribution < -0.4 is 10.1 Å². The zero-order chi connectivity index (χ0) is 23.5. The van der Waals surface area contributed by atoms with Gasteiger partial charge in [-0.3, -0.25) is 4.79 Å². The van der Waals surface area contributed by atoms with Crippen LogP contribution in [0.15, 0.2) is 65.4 Å². The Hall–Kier alpha value is -3.28. The van der Waals surface area contributed by atoms with Crippen LogP contribution in [-0.2, 0) is 4.79 Å². The number of anilines is 1. The van der Waals surface area contributed by atoms with Crippen LogP contribution in [0.2, 0.25) is 10.0 Å². The molecule has 4 aromatic rings. The molecule has 1 amide bonds. The van der Waals surface area contributed by atoms with Gasteiger partial charge in [-0.05, 0) is 56.7 Å². The third kappa shape index (κ3) is 4.75. The van der Waals surface area contributed by atoms with E-state index in [2.05, 4.69) is 10.3 Å². The average molecular weight is 481 g/mol. The number of ether oxygens (including phenoxy) is 1. The van der Waals surface area contributed by atoms with Gasteiger partial charge in [-0.1, -0.05) is 35.3 Å². The molecule has 0 fully saturated rings. The molecule has 0 aliphatic carbocycles. The highest BCUT2D eigenvalue weighted by molar-refractivity contribution is 6.36. The number of allylic oxidation sites excluding steroid dienone is 1. The maximum atomic E-state index is 12.6. The van der Waals surface area contributed by atoms with Gasteiger partial charge in [0.2, 0.25) is 5.91 Å². The normalized spacial score (nSPS) is 11.6. The minimum atomic E-state index is -0.278. The SMILES string of the molecule is CCOc1c(/C(C)=C/C(=O)Nc2ccccn2)cc2c(-c3ccc(Cl)cc3Cl)coc2c1C. The van der Waals surface area contributed by atoms with Crippen LogP contribution in [-0.4, -0.2) is 17.5 Å². The van der Waals surface area contributed by atoms with Gasteiger partial charge in [0.15, 0.2) is 0 Å². The van der Waals surface area contributed by atoms with Gasteiger partial charge >= 0.3 is 0 Å². The van der Waals surface area contributed by atoms with Crippen molar-refractivity contribution >= 4 is 51.5 Å². The van der Waals surface area contributed by atoms with Crippen molar-refractivity contribution in [1.29, 1.82) is 0 Å². The monoisotopic (exact) mass is 480 g/mol. The molecule has 0 spiro atoms. The third-order valence-electron chi connectivity index (χ3n) is 5.24. The van der Waals surface area contributed by atoms with Crippen molar-refractivity contribution < 1.29 is 13.9 Å². The zero-order valence-electron chi connectivity index (χ0n) is 18.4. The van der Waals surface area contributed by atoms with Crippen molar-refractivity contribution in [3.05, 3.63) is 82.2 Å². The quantitative estimate of drug-likeness (QED) is 0.289. The Balaban J connectivity index is 1.82. The number of benzene rings is 2. The molecule has 0 aliphatic heterocycles. The summed E-state index contributed by atoms with van der Waals surface area (Å²) in [7, 11) is 0. The van der Waals surface area contributed by atoms with Crippen LogP contribution in [0.4, 0.5) is 5.82 Å². The Morgan fingerprint density at radius 1 is 1.18 bits per heavy atom. The minimum absolute atomic E-state index is 0.278. The molecule has 0 unspecified atom stereocenters. The second-order valence-electron chi connectivity index (χ2n) is 7.49. The van der Waals surface area contributed by atoms with Crippen LogP contribution in [0.25, 0.3) is 27.7 Å². The number of nitrogens with zero attached hydrogens (tertiary/aromatic N) is 1. The van der Waals surface area contributed by atoms with Crippen LogP contribution in [0.1, 0.15) is 25.0 Å². The second-order valence-corrected chi connectivity index (χ2v) is 8.34. The van der Waals surface area contributed by atoms with E-state index in [0.29, 0.717) is 33.8 Å². The molecule has 1 N–H and O–H groups in total. The van der Waals surface area contributed by atoms with Crippen molar-refractivity contribution in [2.75, 3.05) is 11.9 Å². The van der Waals surface area contributed by atoms with Crippen LogP contribution in [0.3, 0.4) is 0 Å². The van der Waals surface area contributed by atoms with Gasteiger partial charge in [0.05, 0.1) is 17.9 Å². The molecule has 0 aliphatic rings. The van der Waals surface area contributed by atoms with E-state index >= 15 is 0 Å². The van der Waals surface area contributed by atoms with Crippen LogP contribution in [0, 0.1) is 6.92 Å². The van der Waals surface area contributed by atoms with Crippen molar-refractivity contribution in [3.8, 4) is 16.9 Å². The van der Waals surface area contributed by atoms with Crippen LogP contribution in [0.5, 0.6) is 5.75 Å².